The van der Waals surface area contributed by atoms with Crippen molar-refractivity contribution < 1.29 is 5.11 Å². The van der Waals surface area contributed by atoms with Gasteiger partial charge in [-0.05, 0) is 50.6 Å². The third-order valence-electron chi connectivity index (χ3n) is 3.70. The smallest absolute Gasteiger partial charge is 0.137 e. The number of fused-ring (bicyclic) bond motifs is 1. The number of aryl methyl sites for hydroxylation is 2. The predicted molar refractivity (Wildman–Crippen MR) is 85.7 cm³/mol. The molecule has 0 fully saturated rings. The Morgan fingerprint density at radius 1 is 1.19 bits per heavy atom. The van der Waals surface area contributed by atoms with Crippen LogP contribution in [-0.4, -0.2) is 14.5 Å². The standard InChI is InChI=1S/C17H17ClN2O/c1-10-9-13(7-8-14(10)18)16-17(12(3)21)20-11(2)5-4-6-15(20)19-16/h4-9,12,21H,1-3H3. The van der Waals surface area contributed by atoms with Crippen molar-refractivity contribution in [1.29, 1.82) is 0 Å². The van der Waals surface area contributed by atoms with E-state index in [0.29, 0.717) is 0 Å². The Morgan fingerprint density at radius 3 is 2.62 bits per heavy atom. The van der Waals surface area contributed by atoms with Gasteiger partial charge in [0.15, 0.2) is 0 Å². The number of rotatable bonds is 2. The molecule has 0 spiro atoms. The topological polar surface area (TPSA) is 37.5 Å². The minimum absolute atomic E-state index is 0.605. The van der Waals surface area contributed by atoms with Crippen molar-refractivity contribution in [1.82, 2.24) is 9.38 Å². The molecule has 3 rings (SSSR count). The molecule has 108 valence electrons. The zero-order valence-corrected chi connectivity index (χ0v) is 13.0. The Hall–Kier alpha value is -1.84. The first-order valence-electron chi connectivity index (χ1n) is 6.91. The predicted octanol–water partition coefficient (Wildman–Crippen LogP) is 4.32. The third kappa shape index (κ3) is 2.33. The fraction of sp³-hybridized carbons (Fsp3) is 0.235. The van der Waals surface area contributed by atoms with E-state index in [2.05, 4.69) is 0 Å². The molecule has 2 aromatic heterocycles. The van der Waals surface area contributed by atoms with Crippen LogP contribution in [0.3, 0.4) is 0 Å². The van der Waals surface area contributed by atoms with Gasteiger partial charge < -0.3 is 5.11 Å². The van der Waals surface area contributed by atoms with Crippen LogP contribution in [0.4, 0.5) is 0 Å². The fourth-order valence-corrected chi connectivity index (χ4v) is 2.79. The molecule has 0 aliphatic carbocycles. The van der Waals surface area contributed by atoms with Gasteiger partial charge in [0.1, 0.15) is 5.65 Å². The summed E-state index contributed by atoms with van der Waals surface area (Å²) in [6, 6.07) is 11.8. The first-order valence-corrected chi connectivity index (χ1v) is 7.29. The largest absolute Gasteiger partial charge is 0.387 e. The minimum Gasteiger partial charge on any atom is -0.387 e. The van der Waals surface area contributed by atoms with E-state index < -0.39 is 6.10 Å². The molecule has 1 aromatic carbocycles. The van der Waals surface area contributed by atoms with Gasteiger partial charge in [0, 0.05) is 16.3 Å². The van der Waals surface area contributed by atoms with E-state index in [1.807, 2.05) is 54.6 Å². The minimum atomic E-state index is -0.605. The number of benzene rings is 1. The van der Waals surface area contributed by atoms with Crippen LogP contribution in [0.5, 0.6) is 0 Å². The van der Waals surface area contributed by atoms with Crippen LogP contribution < -0.4 is 0 Å². The normalized spacial score (nSPS) is 12.8. The number of hydrogen-bond acceptors (Lipinski definition) is 2. The Balaban J connectivity index is 2.34. The fourth-order valence-electron chi connectivity index (χ4n) is 2.67. The zero-order chi connectivity index (χ0) is 15.1. The molecule has 0 radical (unpaired) electrons. The number of halogens is 1. The van der Waals surface area contributed by atoms with Crippen LogP contribution in [-0.2, 0) is 0 Å². The molecule has 0 aliphatic rings. The summed E-state index contributed by atoms with van der Waals surface area (Å²) >= 11 is 6.10. The van der Waals surface area contributed by atoms with E-state index in [0.717, 1.165) is 38.9 Å². The van der Waals surface area contributed by atoms with Crippen LogP contribution in [0.15, 0.2) is 36.4 Å². The monoisotopic (exact) mass is 300 g/mol. The Labute approximate surface area is 128 Å². The summed E-state index contributed by atoms with van der Waals surface area (Å²) in [6.07, 6.45) is -0.605. The highest BCUT2D eigenvalue weighted by Crippen LogP contribution is 2.31. The number of aromatic nitrogens is 2. The molecule has 1 atom stereocenters. The molecule has 0 saturated heterocycles. The molecule has 1 unspecified atom stereocenters. The molecule has 0 saturated carbocycles. The van der Waals surface area contributed by atoms with Gasteiger partial charge in [-0.1, -0.05) is 23.7 Å². The maximum absolute atomic E-state index is 10.2. The number of pyridine rings is 1. The van der Waals surface area contributed by atoms with Crippen molar-refractivity contribution in [3.63, 3.8) is 0 Å². The van der Waals surface area contributed by atoms with Crippen molar-refractivity contribution in [3.05, 3.63) is 58.4 Å². The van der Waals surface area contributed by atoms with Crippen molar-refractivity contribution in [2.45, 2.75) is 26.9 Å². The van der Waals surface area contributed by atoms with Crippen LogP contribution in [0.1, 0.15) is 30.0 Å². The van der Waals surface area contributed by atoms with Crippen molar-refractivity contribution in [2.75, 3.05) is 0 Å². The lowest BCUT2D eigenvalue weighted by Crippen LogP contribution is -2.02. The maximum Gasteiger partial charge on any atom is 0.137 e. The average Bonchev–Trinajstić information content (AvgIpc) is 2.83. The number of hydrogen-bond donors (Lipinski definition) is 1. The average molecular weight is 301 g/mol. The van der Waals surface area contributed by atoms with Gasteiger partial charge in [0.25, 0.3) is 0 Å². The molecule has 2 heterocycles. The Morgan fingerprint density at radius 2 is 1.95 bits per heavy atom. The van der Waals surface area contributed by atoms with E-state index in [1.165, 1.54) is 0 Å². The van der Waals surface area contributed by atoms with E-state index in [4.69, 9.17) is 16.6 Å². The molecular formula is C17H17ClN2O. The quantitative estimate of drug-likeness (QED) is 0.765. The Bertz CT molecular complexity index is 821. The van der Waals surface area contributed by atoms with Gasteiger partial charge in [0.2, 0.25) is 0 Å². The second-order valence-corrected chi connectivity index (χ2v) is 5.75. The lowest BCUT2D eigenvalue weighted by molar-refractivity contribution is 0.194. The number of aliphatic hydroxyl groups is 1. The summed E-state index contributed by atoms with van der Waals surface area (Å²) in [5.41, 5.74) is 5.47. The molecule has 4 heteroatoms. The summed E-state index contributed by atoms with van der Waals surface area (Å²) in [7, 11) is 0. The number of nitrogens with zero attached hydrogens (tertiary/aromatic N) is 2. The summed E-state index contributed by atoms with van der Waals surface area (Å²) in [6.45, 7) is 5.74. The number of aliphatic hydroxyl groups excluding tert-OH is 1. The first-order chi connectivity index (χ1) is 9.99. The third-order valence-corrected chi connectivity index (χ3v) is 4.13. The first kappa shape index (κ1) is 14.1. The highest BCUT2D eigenvalue weighted by molar-refractivity contribution is 6.31. The zero-order valence-electron chi connectivity index (χ0n) is 12.3. The molecule has 0 amide bonds. The highest BCUT2D eigenvalue weighted by Gasteiger charge is 2.19. The van der Waals surface area contributed by atoms with E-state index >= 15 is 0 Å². The van der Waals surface area contributed by atoms with Gasteiger partial charge in [-0.3, -0.25) is 4.40 Å². The SMILES string of the molecule is Cc1cc(-c2nc3cccc(C)n3c2C(C)O)ccc1Cl. The molecule has 3 nitrogen and oxygen atoms in total. The van der Waals surface area contributed by atoms with Crippen molar-refractivity contribution in [3.8, 4) is 11.3 Å². The summed E-state index contributed by atoms with van der Waals surface area (Å²) in [5.74, 6) is 0. The van der Waals surface area contributed by atoms with Crippen LogP contribution in [0.2, 0.25) is 5.02 Å². The van der Waals surface area contributed by atoms with Gasteiger partial charge in [0.05, 0.1) is 17.5 Å². The van der Waals surface area contributed by atoms with Crippen LogP contribution in [0, 0.1) is 13.8 Å². The van der Waals surface area contributed by atoms with Crippen LogP contribution >= 0.6 is 11.6 Å². The van der Waals surface area contributed by atoms with Gasteiger partial charge in [-0.2, -0.15) is 0 Å². The molecule has 0 bridgehead atoms. The van der Waals surface area contributed by atoms with E-state index in [9.17, 15) is 5.11 Å². The van der Waals surface area contributed by atoms with Gasteiger partial charge in [-0.15, -0.1) is 0 Å². The lowest BCUT2D eigenvalue weighted by atomic mass is 10.1. The van der Waals surface area contributed by atoms with Gasteiger partial charge in [-0.25, -0.2) is 4.98 Å². The summed E-state index contributed by atoms with van der Waals surface area (Å²) in [4.78, 5) is 4.70. The highest BCUT2D eigenvalue weighted by atomic mass is 35.5. The molecular weight excluding hydrogens is 284 g/mol. The van der Waals surface area contributed by atoms with Crippen LogP contribution in [0.25, 0.3) is 16.9 Å². The number of imidazole rings is 1. The second-order valence-electron chi connectivity index (χ2n) is 5.35. The Kier molecular flexibility index (Phi) is 3.47. The lowest BCUT2D eigenvalue weighted by Gasteiger charge is -2.10. The molecule has 0 aliphatic heterocycles. The van der Waals surface area contributed by atoms with E-state index in [-0.39, 0.29) is 0 Å². The summed E-state index contributed by atoms with van der Waals surface area (Å²) < 4.78 is 2.00. The molecule has 1 N–H and O–H groups in total. The van der Waals surface area contributed by atoms with Crippen molar-refractivity contribution in [2.24, 2.45) is 0 Å². The molecule has 3 aromatic rings. The van der Waals surface area contributed by atoms with Crippen molar-refractivity contribution >= 4 is 17.2 Å². The maximum atomic E-state index is 10.2. The van der Waals surface area contributed by atoms with Gasteiger partial charge >= 0.3 is 0 Å². The summed E-state index contributed by atoms with van der Waals surface area (Å²) in [5, 5.41) is 10.9. The van der Waals surface area contributed by atoms with E-state index in [1.54, 1.807) is 6.92 Å². The second kappa shape index (κ2) is 5.17. The molecule has 21 heavy (non-hydrogen) atoms.